The molecule has 13 heteroatoms. The molecule has 0 fully saturated rings. The Morgan fingerprint density at radius 2 is 1.48 bits per heavy atom. The van der Waals surface area contributed by atoms with E-state index in [0.717, 1.165) is 22.7 Å². The highest BCUT2D eigenvalue weighted by Gasteiger charge is 2.13. The molecule has 2 aromatic heterocycles. The number of nitrogens with zero attached hydrogens (tertiary/aromatic N) is 5. The van der Waals surface area contributed by atoms with Gasteiger partial charge in [0.1, 0.15) is 6.07 Å². The molecule has 0 unspecified atom stereocenters. The van der Waals surface area contributed by atoms with Crippen LogP contribution in [0.5, 0.6) is 0 Å². The number of carbonyl (C=O) groups is 1. The molecule has 29 heavy (non-hydrogen) atoms. The molecule has 4 aromatic rings. The third-order valence-electron chi connectivity index (χ3n) is 3.44. The molecule has 0 aliphatic rings. The predicted octanol–water partition coefficient (Wildman–Crippen LogP) is 3.98. The molecule has 144 valence electrons. The second kappa shape index (κ2) is 7.92. The Balaban J connectivity index is 0.000000166. The average Bonchev–Trinajstić information content (AvgIpc) is 3.30. The molecular formula is C16H7N5O6S2. The van der Waals surface area contributed by atoms with E-state index in [0.29, 0.717) is 25.4 Å². The Morgan fingerprint density at radius 3 is 1.97 bits per heavy atom. The number of aromatic nitrogens is 2. The monoisotopic (exact) mass is 429 g/mol. The van der Waals surface area contributed by atoms with Crippen LogP contribution in [0.15, 0.2) is 36.4 Å². The summed E-state index contributed by atoms with van der Waals surface area (Å²) in [5.41, 5.74) is 1.04. The van der Waals surface area contributed by atoms with E-state index in [9.17, 15) is 25.0 Å². The molecule has 11 nitrogen and oxygen atoms in total. The van der Waals surface area contributed by atoms with Crippen LogP contribution < -0.4 is 0 Å². The van der Waals surface area contributed by atoms with Crippen LogP contribution in [-0.2, 0) is 0 Å². The van der Waals surface area contributed by atoms with Crippen molar-refractivity contribution in [3.63, 3.8) is 0 Å². The number of fused-ring (bicyclic) bond motifs is 2. The van der Waals surface area contributed by atoms with E-state index >= 15 is 0 Å². The molecule has 0 spiro atoms. The van der Waals surface area contributed by atoms with Crippen LogP contribution in [-0.4, -0.2) is 30.9 Å². The number of nitro benzene ring substituents is 2. The second-order valence-corrected chi connectivity index (χ2v) is 7.33. The fourth-order valence-corrected chi connectivity index (χ4v) is 3.83. The fourth-order valence-electron chi connectivity index (χ4n) is 2.19. The normalized spacial score (nSPS) is 10.2. The van der Waals surface area contributed by atoms with Crippen molar-refractivity contribution in [1.82, 2.24) is 9.97 Å². The Kier molecular flexibility index (Phi) is 5.39. The summed E-state index contributed by atoms with van der Waals surface area (Å²) in [6.45, 7) is 0. The largest absolute Gasteiger partial charge is 0.476 e. The molecule has 0 bridgehead atoms. The second-order valence-electron chi connectivity index (χ2n) is 5.27. The van der Waals surface area contributed by atoms with Crippen molar-refractivity contribution in [1.29, 1.82) is 5.26 Å². The van der Waals surface area contributed by atoms with Gasteiger partial charge in [0.25, 0.3) is 11.4 Å². The zero-order valence-electron chi connectivity index (χ0n) is 14.0. The van der Waals surface area contributed by atoms with E-state index in [-0.39, 0.29) is 16.4 Å². The molecule has 0 atom stereocenters. The summed E-state index contributed by atoms with van der Waals surface area (Å²) in [7, 11) is 0. The van der Waals surface area contributed by atoms with Gasteiger partial charge in [0.05, 0.1) is 30.3 Å². The number of carboxylic acids is 1. The highest BCUT2D eigenvalue weighted by Crippen LogP contribution is 2.26. The number of thiazole rings is 2. The molecule has 0 saturated carbocycles. The number of aromatic carboxylic acids is 1. The number of benzene rings is 2. The summed E-state index contributed by atoms with van der Waals surface area (Å²) in [5.74, 6) is -1.13. The summed E-state index contributed by atoms with van der Waals surface area (Å²) >= 11 is 2.07. The van der Waals surface area contributed by atoms with Gasteiger partial charge in [-0.3, -0.25) is 20.2 Å². The summed E-state index contributed by atoms with van der Waals surface area (Å²) in [6.07, 6.45) is 0. The quantitative estimate of drug-likeness (QED) is 0.373. The summed E-state index contributed by atoms with van der Waals surface area (Å²) < 4.78 is 1.16. The van der Waals surface area contributed by atoms with Gasteiger partial charge in [0.2, 0.25) is 5.01 Å². The third kappa shape index (κ3) is 4.29. The smallest absolute Gasteiger partial charge is 0.365 e. The summed E-state index contributed by atoms with van der Waals surface area (Å²) in [4.78, 5) is 38.3. The van der Waals surface area contributed by atoms with Gasteiger partial charge >= 0.3 is 5.97 Å². The minimum Gasteiger partial charge on any atom is -0.476 e. The number of nitriles is 1. The Bertz CT molecular complexity index is 1310. The van der Waals surface area contributed by atoms with E-state index in [1.807, 2.05) is 6.07 Å². The van der Waals surface area contributed by atoms with Crippen LogP contribution in [0.3, 0.4) is 0 Å². The molecule has 4 rings (SSSR count). The van der Waals surface area contributed by atoms with Crippen molar-refractivity contribution in [2.75, 3.05) is 0 Å². The average molecular weight is 429 g/mol. The van der Waals surface area contributed by atoms with Gasteiger partial charge < -0.3 is 5.11 Å². The molecular weight excluding hydrogens is 422 g/mol. The fraction of sp³-hybridized carbons (Fsp3) is 0. The number of nitro groups is 2. The minimum absolute atomic E-state index is 0.0191. The molecule has 0 radical (unpaired) electrons. The lowest BCUT2D eigenvalue weighted by molar-refractivity contribution is -0.384. The van der Waals surface area contributed by atoms with Crippen LogP contribution in [0.25, 0.3) is 20.4 Å². The number of hydrogen-bond donors (Lipinski definition) is 1. The van der Waals surface area contributed by atoms with Crippen molar-refractivity contribution in [3.8, 4) is 6.07 Å². The van der Waals surface area contributed by atoms with Crippen molar-refractivity contribution in [2.45, 2.75) is 0 Å². The first-order valence-electron chi connectivity index (χ1n) is 7.52. The molecule has 0 saturated heterocycles. The van der Waals surface area contributed by atoms with Crippen molar-refractivity contribution < 1.29 is 19.7 Å². The summed E-state index contributed by atoms with van der Waals surface area (Å²) in [6, 6.07) is 10.3. The minimum atomic E-state index is -1.13. The maximum absolute atomic E-state index is 10.6. The molecule has 0 aliphatic heterocycles. The maximum atomic E-state index is 10.6. The molecule has 2 heterocycles. The van der Waals surface area contributed by atoms with Gasteiger partial charge in [-0.05, 0) is 12.1 Å². The van der Waals surface area contributed by atoms with Crippen LogP contribution in [0.1, 0.15) is 14.8 Å². The number of rotatable bonds is 3. The zero-order valence-corrected chi connectivity index (χ0v) is 15.6. The highest BCUT2D eigenvalue weighted by molar-refractivity contribution is 7.20. The number of non-ortho nitro benzene ring substituents is 2. The topological polar surface area (TPSA) is 173 Å². The maximum Gasteiger partial charge on any atom is 0.365 e. The SMILES string of the molecule is N#Cc1nc2ccc([N+](=O)[O-])cc2s1.O=C(O)c1nc2ccc([N+](=O)[O-])cc2s1. The first-order valence-corrected chi connectivity index (χ1v) is 9.15. The Labute approximate surface area is 168 Å². The van der Waals surface area contributed by atoms with Gasteiger partial charge in [-0.2, -0.15) is 5.26 Å². The predicted molar refractivity (Wildman–Crippen MR) is 104 cm³/mol. The molecule has 0 aliphatic carbocycles. The lowest BCUT2D eigenvalue weighted by Gasteiger charge is -1.88. The van der Waals surface area contributed by atoms with Crippen molar-refractivity contribution in [3.05, 3.63) is 66.6 Å². The van der Waals surface area contributed by atoms with E-state index in [2.05, 4.69) is 9.97 Å². The van der Waals surface area contributed by atoms with Crippen LogP contribution >= 0.6 is 22.7 Å². The number of carboxylic acid groups (broad SMARTS) is 1. The standard InChI is InChI=1S/C8H3N3O2S.C8H4N2O4S/c9-4-8-10-6-2-1-5(11(12)13)3-7(6)14-8;11-8(12)7-9-5-2-1-4(10(13)14)3-6(5)15-7/h1-3H;1-3H,(H,11,12). The Morgan fingerprint density at radius 1 is 0.966 bits per heavy atom. The molecule has 2 aromatic carbocycles. The van der Waals surface area contributed by atoms with Crippen molar-refractivity contribution >= 4 is 60.5 Å². The van der Waals surface area contributed by atoms with E-state index in [1.165, 1.54) is 30.3 Å². The van der Waals surface area contributed by atoms with Crippen LogP contribution in [0.4, 0.5) is 11.4 Å². The summed E-state index contributed by atoms with van der Waals surface area (Å²) in [5, 5.41) is 38.4. The van der Waals surface area contributed by atoms with Crippen molar-refractivity contribution in [2.24, 2.45) is 0 Å². The number of hydrogen-bond acceptors (Lipinski definition) is 10. The van der Waals surface area contributed by atoms with Crippen LogP contribution in [0.2, 0.25) is 0 Å². The van der Waals surface area contributed by atoms with Gasteiger partial charge in [-0.25, -0.2) is 14.8 Å². The van der Waals surface area contributed by atoms with Gasteiger partial charge in [-0.15, -0.1) is 22.7 Å². The third-order valence-corrected chi connectivity index (χ3v) is 5.37. The van der Waals surface area contributed by atoms with Gasteiger partial charge in [-0.1, -0.05) is 0 Å². The van der Waals surface area contributed by atoms with Gasteiger partial charge in [0, 0.05) is 24.3 Å². The molecule has 1 N–H and O–H groups in total. The first kappa shape index (κ1) is 19.7. The molecule has 0 amide bonds. The van der Waals surface area contributed by atoms with E-state index < -0.39 is 15.8 Å². The Hall–Kier alpha value is -4.02. The van der Waals surface area contributed by atoms with E-state index in [4.69, 9.17) is 10.4 Å². The van der Waals surface area contributed by atoms with Gasteiger partial charge in [0.15, 0.2) is 5.01 Å². The zero-order chi connectivity index (χ0) is 21.1. The highest BCUT2D eigenvalue weighted by atomic mass is 32.1. The lowest BCUT2D eigenvalue weighted by Crippen LogP contribution is -1.93. The first-order chi connectivity index (χ1) is 13.8. The lowest BCUT2D eigenvalue weighted by atomic mass is 10.3. The van der Waals surface area contributed by atoms with E-state index in [1.54, 1.807) is 6.07 Å². The van der Waals surface area contributed by atoms with Crippen LogP contribution in [0, 0.1) is 31.6 Å².